The summed E-state index contributed by atoms with van der Waals surface area (Å²) in [7, 11) is 0. The minimum absolute atomic E-state index is 0.369. The molecule has 0 aliphatic carbocycles. The Labute approximate surface area is 83.5 Å². The molecule has 0 radical (unpaired) electrons. The molecule has 0 saturated carbocycles. The van der Waals surface area contributed by atoms with Crippen molar-refractivity contribution in [3.8, 4) is 0 Å². The number of aromatic nitrogens is 2. The third-order valence-electron chi connectivity index (χ3n) is 2.43. The van der Waals surface area contributed by atoms with Crippen molar-refractivity contribution >= 4 is 16.6 Å². The van der Waals surface area contributed by atoms with Crippen LogP contribution in [0.1, 0.15) is 25.6 Å². The van der Waals surface area contributed by atoms with Crippen LogP contribution in [-0.4, -0.2) is 9.78 Å². The Bertz CT molecular complexity index is 469. The maximum Gasteiger partial charge on any atom is 0.0709 e. The number of fused-ring (bicyclic) bond motifs is 1. The van der Waals surface area contributed by atoms with Gasteiger partial charge in [-0.3, -0.25) is 4.68 Å². The van der Waals surface area contributed by atoms with Crippen molar-refractivity contribution in [3.05, 3.63) is 23.9 Å². The maximum absolute atomic E-state index is 5.92. The predicted molar refractivity (Wildman–Crippen MR) is 59.3 cm³/mol. The van der Waals surface area contributed by atoms with E-state index < -0.39 is 0 Å². The highest BCUT2D eigenvalue weighted by atomic mass is 15.3. The number of nitrogen functional groups attached to an aromatic ring is 1. The summed E-state index contributed by atoms with van der Waals surface area (Å²) in [5.74, 6) is 0. The Morgan fingerprint density at radius 3 is 2.71 bits per heavy atom. The Morgan fingerprint density at radius 2 is 2.07 bits per heavy atom. The molecule has 0 spiro atoms. The molecular weight excluding hydrogens is 174 g/mol. The van der Waals surface area contributed by atoms with Gasteiger partial charge in [0.25, 0.3) is 0 Å². The molecule has 2 N–H and O–H groups in total. The number of aryl methyl sites for hydroxylation is 1. The van der Waals surface area contributed by atoms with Gasteiger partial charge in [0.05, 0.1) is 11.2 Å². The quantitative estimate of drug-likeness (QED) is 0.700. The first-order chi connectivity index (χ1) is 6.61. The number of hydrogen-bond donors (Lipinski definition) is 1. The summed E-state index contributed by atoms with van der Waals surface area (Å²) in [6.07, 6.45) is 0. The van der Waals surface area contributed by atoms with Gasteiger partial charge < -0.3 is 5.73 Å². The normalized spacial score (nSPS) is 11.4. The van der Waals surface area contributed by atoms with E-state index in [1.54, 1.807) is 0 Å². The number of nitrogens with zero attached hydrogens (tertiary/aromatic N) is 2. The van der Waals surface area contributed by atoms with Crippen LogP contribution >= 0.6 is 0 Å². The maximum atomic E-state index is 5.92. The summed E-state index contributed by atoms with van der Waals surface area (Å²) < 4.78 is 2.01. The Kier molecular flexibility index (Phi) is 1.95. The van der Waals surface area contributed by atoms with Crippen LogP contribution in [0.15, 0.2) is 18.2 Å². The summed E-state index contributed by atoms with van der Waals surface area (Å²) in [4.78, 5) is 0. The average Bonchev–Trinajstić information content (AvgIpc) is 2.45. The molecule has 2 aromatic rings. The molecular formula is C11H15N3. The number of nitrogens with two attached hydrogens (primary N) is 1. The van der Waals surface area contributed by atoms with Gasteiger partial charge in [-0.1, -0.05) is 6.07 Å². The van der Waals surface area contributed by atoms with E-state index in [2.05, 4.69) is 25.0 Å². The van der Waals surface area contributed by atoms with Crippen LogP contribution in [0, 0.1) is 6.92 Å². The van der Waals surface area contributed by atoms with Crippen LogP contribution in [0.2, 0.25) is 0 Å². The number of anilines is 1. The molecule has 3 heteroatoms. The van der Waals surface area contributed by atoms with E-state index >= 15 is 0 Å². The second-order valence-electron chi connectivity index (χ2n) is 3.87. The minimum Gasteiger partial charge on any atom is -0.398 e. The zero-order chi connectivity index (χ0) is 10.3. The summed E-state index contributed by atoms with van der Waals surface area (Å²) in [6, 6.07) is 6.32. The van der Waals surface area contributed by atoms with Gasteiger partial charge in [0.1, 0.15) is 0 Å². The molecule has 3 nitrogen and oxygen atoms in total. The SMILES string of the molecule is Cc1nn(C(C)C)c2cccc(N)c12. The van der Waals surface area contributed by atoms with Gasteiger partial charge in [0, 0.05) is 17.1 Å². The second-order valence-corrected chi connectivity index (χ2v) is 3.87. The molecule has 0 bridgehead atoms. The van der Waals surface area contributed by atoms with Gasteiger partial charge in [0.2, 0.25) is 0 Å². The largest absolute Gasteiger partial charge is 0.398 e. The highest BCUT2D eigenvalue weighted by Crippen LogP contribution is 2.26. The lowest BCUT2D eigenvalue weighted by molar-refractivity contribution is 0.547. The van der Waals surface area contributed by atoms with Crippen molar-refractivity contribution in [2.24, 2.45) is 0 Å². The van der Waals surface area contributed by atoms with Crippen LogP contribution in [0.4, 0.5) is 5.69 Å². The number of rotatable bonds is 1. The fraction of sp³-hybridized carbons (Fsp3) is 0.364. The average molecular weight is 189 g/mol. The smallest absolute Gasteiger partial charge is 0.0709 e. The summed E-state index contributed by atoms with van der Waals surface area (Å²) >= 11 is 0. The molecule has 1 aromatic heterocycles. The lowest BCUT2D eigenvalue weighted by Gasteiger charge is -2.06. The number of benzene rings is 1. The van der Waals surface area contributed by atoms with Gasteiger partial charge in [-0.05, 0) is 32.9 Å². The van der Waals surface area contributed by atoms with Crippen molar-refractivity contribution in [1.29, 1.82) is 0 Å². The van der Waals surface area contributed by atoms with Crippen molar-refractivity contribution in [3.63, 3.8) is 0 Å². The molecule has 2 rings (SSSR count). The zero-order valence-electron chi connectivity index (χ0n) is 8.78. The monoisotopic (exact) mass is 189 g/mol. The molecule has 1 aromatic carbocycles. The first-order valence-corrected chi connectivity index (χ1v) is 4.84. The van der Waals surface area contributed by atoms with Crippen molar-refractivity contribution < 1.29 is 0 Å². The van der Waals surface area contributed by atoms with Crippen LogP contribution in [0.3, 0.4) is 0 Å². The van der Waals surface area contributed by atoms with Gasteiger partial charge in [-0.2, -0.15) is 5.10 Å². The van der Waals surface area contributed by atoms with Gasteiger partial charge in [-0.25, -0.2) is 0 Å². The van der Waals surface area contributed by atoms with E-state index in [-0.39, 0.29) is 0 Å². The lowest BCUT2D eigenvalue weighted by Crippen LogP contribution is -2.02. The minimum atomic E-state index is 0.369. The fourth-order valence-electron chi connectivity index (χ4n) is 1.80. The van der Waals surface area contributed by atoms with Gasteiger partial charge in [-0.15, -0.1) is 0 Å². The zero-order valence-corrected chi connectivity index (χ0v) is 8.78. The Hall–Kier alpha value is -1.51. The van der Waals surface area contributed by atoms with Crippen LogP contribution < -0.4 is 5.73 Å². The second kappa shape index (κ2) is 3.01. The Balaban J connectivity index is 2.84. The van der Waals surface area contributed by atoms with Gasteiger partial charge in [0.15, 0.2) is 0 Å². The van der Waals surface area contributed by atoms with Crippen molar-refractivity contribution in [2.75, 3.05) is 5.73 Å². The highest BCUT2D eigenvalue weighted by Gasteiger charge is 2.10. The van der Waals surface area contributed by atoms with Crippen LogP contribution in [0.5, 0.6) is 0 Å². The molecule has 0 amide bonds. The van der Waals surface area contributed by atoms with E-state index in [0.717, 1.165) is 22.3 Å². The van der Waals surface area contributed by atoms with Crippen LogP contribution in [-0.2, 0) is 0 Å². The number of hydrogen-bond acceptors (Lipinski definition) is 2. The van der Waals surface area contributed by atoms with E-state index in [9.17, 15) is 0 Å². The molecule has 0 fully saturated rings. The van der Waals surface area contributed by atoms with Crippen molar-refractivity contribution in [1.82, 2.24) is 9.78 Å². The third kappa shape index (κ3) is 1.16. The van der Waals surface area contributed by atoms with E-state index in [0.29, 0.717) is 6.04 Å². The molecule has 74 valence electrons. The highest BCUT2D eigenvalue weighted by molar-refractivity contribution is 5.92. The van der Waals surface area contributed by atoms with E-state index in [4.69, 9.17) is 5.73 Å². The first-order valence-electron chi connectivity index (χ1n) is 4.84. The standard InChI is InChI=1S/C11H15N3/c1-7(2)14-10-6-4-5-9(12)11(10)8(3)13-14/h4-7H,12H2,1-3H3. The summed E-state index contributed by atoms with van der Waals surface area (Å²) in [5, 5.41) is 5.57. The van der Waals surface area contributed by atoms with E-state index in [1.165, 1.54) is 0 Å². The molecule has 0 aliphatic rings. The van der Waals surface area contributed by atoms with Gasteiger partial charge >= 0.3 is 0 Å². The first kappa shape index (κ1) is 9.06. The molecule has 1 heterocycles. The summed E-state index contributed by atoms with van der Waals surface area (Å²) in [6.45, 7) is 6.24. The Morgan fingerprint density at radius 1 is 1.36 bits per heavy atom. The fourth-order valence-corrected chi connectivity index (χ4v) is 1.80. The molecule has 0 unspecified atom stereocenters. The molecule has 0 saturated heterocycles. The molecule has 0 atom stereocenters. The van der Waals surface area contributed by atoms with Crippen LogP contribution in [0.25, 0.3) is 10.9 Å². The topological polar surface area (TPSA) is 43.8 Å². The van der Waals surface area contributed by atoms with E-state index in [1.807, 2.05) is 23.7 Å². The predicted octanol–water partition coefficient (Wildman–Crippen LogP) is 2.51. The molecule has 14 heavy (non-hydrogen) atoms. The third-order valence-corrected chi connectivity index (χ3v) is 2.43. The molecule has 0 aliphatic heterocycles. The lowest BCUT2D eigenvalue weighted by atomic mass is 10.2. The summed E-state index contributed by atoms with van der Waals surface area (Å²) in [5.41, 5.74) is 8.86. The van der Waals surface area contributed by atoms with Crippen molar-refractivity contribution in [2.45, 2.75) is 26.8 Å².